The first-order valence-corrected chi connectivity index (χ1v) is 15.9. The van der Waals surface area contributed by atoms with Gasteiger partial charge in [0.05, 0.1) is 16.9 Å². The summed E-state index contributed by atoms with van der Waals surface area (Å²) in [4.78, 5) is 5.35. The average Bonchev–Trinajstić information content (AvgIpc) is 3.62. The minimum Gasteiger partial charge on any atom is -0.313 e. The largest absolute Gasteiger partial charge is 0.313 e. The van der Waals surface area contributed by atoms with E-state index >= 15 is 0 Å². The standard InChI is InChI=1S/C41H35N3/c1-2-13-24-37-35(22-12-1)36-23-14-15-25-38(36)43(37)33-26-28-34(29-27-33)44-40(31-18-8-4-9-19-31)39(30-16-6-3-7-17-30)42-41(44)32-20-10-5-11-21-32/h3-11,14-21,23,25-29H,1-2,12-13,22,24H2. The highest BCUT2D eigenvalue weighted by atomic mass is 15.1. The monoisotopic (exact) mass is 569 g/mol. The molecule has 2 aromatic heterocycles. The summed E-state index contributed by atoms with van der Waals surface area (Å²) in [5.41, 5.74) is 12.1. The van der Waals surface area contributed by atoms with Crippen molar-refractivity contribution >= 4 is 10.9 Å². The van der Waals surface area contributed by atoms with Crippen molar-refractivity contribution in [3.05, 3.63) is 151 Å². The van der Waals surface area contributed by atoms with Crippen LogP contribution >= 0.6 is 0 Å². The first-order chi connectivity index (χ1) is 21.9. The molecule has 0 aliphatic heterocycles. The summed E-state index contributed by atoms with van der Waals surface area (Å²) >= 11 is 0. The Morgan fingerprint density at radius 1 is 0.455 bits per heavy atom. The van der Waals surface area contributed by atoms with Crippen molar-refractivity contribution in [3.8, 4) is 45.3 Å². The van der Waals surface area contributed by atoms with Crippen molar-refractivity contribution in [2.75, 3.05) is 0 Å². The van der Waals surface area contributed by atoms with E-state index in [2.05, 4.69) is 149 Å². The number of benzene rings is 5. The quantitative estimate of drug-likeness (QED) is 0.202. The summed E-state index contributed by atoms with van der Waals surface area (Å²) in [6, 6.07) is 49.9. The molecule has 7 aromatic rings. The van der Waals surface area contributed by atoms with Crippen LogP contribution in [-0.4, -0.2) is 14.1 Å². The van der Waals surface area contributed by atoms with Gasteiger partial charge in [-0.25, -0.2) is 4.98 Å². The lowest BCUT2D eigenvalue weighted by molar-refractivity contribution is 0.608. The summed E-state index contributed by atoms with van der Waals surface area (Å²) < 4.78 is 4.87. The van der Waals surface area contributed by atoms with E-state index in [-0.39, 0.29) is 0 Å². The molecule has 0 N–H and O–H groups in total. The molecule has 0 spiro atoms. The molecule has 0 bridgehead atoms. The smallest absolute Gasteiger partial charge is 0.145 e. The van der Waals surface area contributed by atoms with E-state index in [1.807, 2.05) is 0 Å². The number of imidazole rings is 1. The van der Waals surface area contributed by atoms with Gasteiger partial charge in [-0.1, -0.05) is 122 Å². The molecule has 0 atom stereocenters. The number of aromatic nitrogens is 3. The van der Waals surface area contributed by atoms with Gasteiger partial charge in [0.1, 0.15) is 5.82 Å². The highest BCUT2D eigenvalue weighted by Crippen LogP contribution is 2.39. The molecule has 3 nitrogen and oxygen atoms in total. The molecule has 0 fully saturated rings. The molecule has 44 heavy (non-hydrogen) atoms. The van der Waals surface area contributed by atoms with Crippen molar-refractivity contribution in [2.24, 2.45) is 0 Å². The normalized spacial score (nSPS) is 13.4. The highest BCUT2D eigenvalue weighted by molar-refractivity contribution is 5.88. The molecule has 0 saturated heterocycles. The molecule has 0 unspecified atom stereocenters. The van der Waals surface area contributed by atoms with Gasteiger partial charge in [-0.15, -0.1) is 0 Å². The summed E-state index contributed by atoms with van der Waals surface area (Å²) in [5.74, 6) is 0.938. The molecule has 5 aromatic carbocycles. The Morgan fingerprint density at radius 2 is 1.00 bits per heavy atom. The molecule has 8 rings (SSSR count). The maximum atomic E-state index is 5.35. The van der Waals surface area contributed by atoms with Gasteiger partial charge in [-0.3, -0.25) is 4.57 Å². The Morgan fingerprint density at radius 3 is 1.68 bits per heavy atom. The second-order valence-electron chi connectivity index (χ2n) is 11.8. The molecule has 214 valence electrons. The fraction of sp³-hybridized carbons (Fsp3) is 0.146. The van der Waals surface area contributed by atoms with Crippen molar-refractivity contribution in [1.29, 1.82) is 0 Å². The number of hydrogen-bond acceptors (Lipinski definition) is 1. The van der Waals surface area contributed by atoms with Gasteiger partial charge in [0.2, 0.25) is 0 Å². The van der Waals surface area contributed by atoms with Crippen LogP contribution in [-0.2, 0) is 12.8 Å². The molecule has 3 heteroatoms. The van der Waals surface area contributed by atoms with Crippen molar-refractivity contribution in [1.82, 2.24) is 14.1 Å². The maximum absolute atomic E-state index is 5.35. The lowest BCUT2D eigenvalue weighted by Crippen LogP contribution is -2.06. The van der Waals surface area contributed by atoms with Gasteiger partial charge < -0.3 is 4.57 Å². The summed E-state index contributed by atoms with van der Waals surface area (Å²) in [6.07, 6.45) is 7.46. The molecule has 0 amide bonds. The fourth-order valence-electron chi connectivity index (χ4n) is 7.01. The van der Waals surface area contributed by atoms with E-state index in [0.717, 1.165) is 46.0 Å². The average molecular weight is 570 g/mol. The summed E-state index contributed by atoms with van der Waals surface area (Å²) in [5, 5.41) is 1.41. The second-order valence-corrected chi connectivity index (χ2v) is 11.8. The van der Waals surface area contributed by atoms with Gasteiger partial charge in [0.25, 0.3) is 0 Å². The third-order valence-electron chi connectivity index (χ3n) is 9.05. The van der Waals surface area contributed by atoms with Gasteiger partial charge in [-0.05, 0) is 61.6 Å². The third kappa shape index (κ3) is 4.66. The maximum Gasteiger partial charge on any atom is 0.145 e. The molecule has 0 saturated carbocycles. The van der Waals surface area contributed by atoms with Crippen molar-refractivity contribution in [3.63, 3.8) is 0 Å². The number of fused-ring (bicyclic) bond motifs is 3. The third-order valence-corrected chi connectivity index (χ3v) is 9.05. The zero-order valence-corrected chi connectivity index (χ0v) is 24.9. The first kappa shape index (κ1) is 26.5. The van der Waals surface area contributed by atoms with E-state index < -0.39 is 0 Å². The van der Waals surface area contributed by atoms with Crippen LogP contribution in [0.2, 0.25) is 0 Å². The van der Waals surface area contributed by atoms with Crippen LogP contribution in [0, 0.1) is 0 Å². The highest BCUT2D eigenvalue weighted by Gasteiger charge is 2.23. The van der Waals surface area contributed by atoms with Crippen LogP contribution in [0.25, 0.3) is 56.2 Å². The van der Waals surface area contributed by atoms with Gasteiger partial charge in [0.15, 0.2) is 0 Å². The van der Waals surface area contributed by atoms with Crippen molar-refractivity contribution in [2.45, 2.75) is 38.5 Å². The summed E-state index contributed by atoms with van der Waals surface area (Å²) in [7, 11) is 0. The lowest BCUT2D eigenvalue weighted by Gasteiger charge is -2.17. The van der Waals surface area contributed by atoms with Crippen LogP contribution in [0.1, 0.15) is 36.9 Å². The number of aryl methyl sites for hydroxylation is 1. The number of hydrogen-bond donors (Lipinski definition) is 0. The van der Waals surface area contributed by atoms with Gasteiger partial charge >= 0.3 is 0 Å². The number of rotatable bonds is 5. The lowest BCUT2D eigenvalue weighted by atomic mass is 9.96. The zero-order valence-electron chi connectivity index (χ0n) is 24.9. The second kappa shape index (κ2) is 11.5. The molecular formula is C41H35N3. The van der Waals surface area contributed by atoms with Gasteiger partial charge in [0, 0.05) is 39.1 Å². The van der Waals surface area contributed by atoms with Gasteiger partial charge in [-0.2, -0.15) is 0 Å². The van der Waals surface area contributed by atoms with Crippen LogP contribution in [0.15, 0.2) is 140 Å². The Bertz CT molecular complexity index is 2030. The molecular weight excluding hydrogens is 534 g/mol. The molecule has 1 aliphatic rings. The Kier molecular flexibility index (Phi) is 6.92. The zero-order chi connectivity index (χ0) is 29.3. The molecule has 1 aliphatic carbocycles. The van der Waals surface area contributed by atoms with Crippen molar-refractivity contribution < 1.29 is 0 Å². The minimum atomic E-state index is 0.938. The number of para-hydroxylation sites is 1. The van der Waals surface area contributed by atoms with E-state index in [4.69, 9.17) is 4.98 Å². The fourth-order valence-corrected chi connectivity index (χ4v) is 7.01. The van der Waals surface area contributed by atoms with E-state index in [0.29, 0.717) is 0 Å². The number of nitrogens with zero attached hydrogens (tertiary/aromatic N) is 3. The molecule has 0 radical (unpaired) electrons. The predicted octanol–water partition coefficient (Wildman–Crippen LogP) is 10.5. The van der Waals surface area contributed by atoms with E-state index in [1.54, 1.807) is 5.56 Å². The van der Waals surface area contributed by atoms with Crippen LogP contribution in [0.3, 0.4) is 0 Å². The van der Waals surface area contributed by atoms with Crippen LogP contribution in [0.5, 0.6) is 0 Å². The topological polar surface area (TPSA) is 22.8 Å². The first-order valence-electron chi connectivity index (χ1n) is 15.9. The SMILES string of the molecule is c1ccc(-c2nc(-c3ccccc3)n(-c3ccc(-n4c5c(c6ccccc64)CCCCCC5)cc3)c2-c2ccccc2)cc1. The Hall–Kier alpha value is -5.15. The van der Waals surface area contributed by atoms with Crippen LogP contribution in [0.4, 0.5) is 0 Å². The Balaban J connectivity index is 1.34. The van der Waals surface area contributed by atoms with Crippen LogP contribution < -0.4 is 0 Å². The van der Waals surface area contributed by atoms with E-state index in [1.165, 1.54) is 54.4 Å². The predicted molar refractivity (Wildman–Crippen MR) is 183 cm³/mol. The minimum absolute atomic E-state index is 0.938. The molecule has 2 heterocycles. The summed E-state index contributed by atoms with van der Waals surface area (Å²) in [6.45, 7) is 0. The van der Waals surface area contributed by atoms with E-state index in [9.17, 15) is 0 Å². The Labute approximate surface area is 259 Å².